The van der Waals surface area contributed by atoms with Crippen LogP contribution >= 0.6 is 23.4 Å². The molecule has 0 saturated carbocycles. The molecule has 20 heavy (non-hydrogen) atoms. The number of fused-ring (bicyclic) bond motifs is 1. The molecule has 2 nitrogen and oxygen atoms in total. The minimum Gasteiger partial charge on any atom is -0.326 e. The molecule has 0 bridgehead atoms. The average Bonchev–Trinajstić information content (AvgIpc) is 2.49. The second kappa shape index (κ2) is 5.83. The van der Waals surface area contributed by atoms with Crippen LogP contribution in [-0.4, -0.2) is 4.98 Å². The predicted molar refractivity (Wildman–Crippen MR) is 85.2 cm³/mol. The Morgan fingerprint density at radius 1 is 1.05 bits per heavy atom. The van der Waals surface area contributed by atoms with Gasteiger partial charge in [0.05, 0.1) is 5.52 Å². The van der Waals surface area contributed by atoms with E-state index in [1.165, 1.54) is 0 Å². The Morgan fingerprint density at radius 3 is 2.55 bits per heavy atom. The summed E-state index contributed by atoms with van der Waals surface area (Å²) in [6, 6.07) is 17.9. The number of nitrogens with two attached hydrogens (primary N) is 1. The SMILES string of the molecule is NCc1cc(Sc2ccc(Cl)cc2)nc2ccccc12. The summed E-state index contributed by atoms with van der Waals surface area (Å²) in [5, 5.41) is 2.81. The number of nitrogens with zero attached hydrogens (tertiary/aromatic N) is 1. The smallest absolute Gasteiger partial charge is 0.102 e. The van der Waals surface area contributed by atoms with Crippen LogP contribution in [0.2, 0.25) is 5.02 Å². The summed E-state index contributed by atoms with van der Waals surface area (Å²) in [7, 11) is 0. The van der Waals surface area contributed by atoms with Crippen LogP contribution in [0.3, 0.4) is 0 Å². The monoisotopic (exact) mass is 300 g/mol. The number of hydrogen-bond acceptors (Lipinski definition) is 3. The molecular formula is C16H13ClN2S. The van der Waals surface area contributed by atoms with Gasteiger partial charge in [0.15, 0.2) is 0 Å². The van der Waals surface area contributed by atoms with E-state index in [1.807, 2.05) is 42.5 Å². The lowest BCUT2D eigenvalue weighted by Crippen LogP contribution is -1.99. The van der Waals surface area contributed by atoms with Gasteiger partial charge in [-0.05, 0) is 42.0 Å². The molecule has 0 aliphatic rings. The highest BCUT2D eigenvalue weighted by Gasteiger charge is 2.06. The van der Waals surface area contributed by atoms with Gasteiger partial charge < -0.3 is 5.73 Å². The largest absolute Gasteiger partial charge is 0.326 e. The highest BCUT2D eigenvalue weighted by molar-refractivity contribution is 7.99. The van der Waals surface area contributed by atoms with Crippen LogP contribution in [0.4, 0.5) is 0 Å². The Hall–Kier alpha value is -1.55. The molecule has 0 aliphatic carbocycles. The zero-order valence-corrected chi connectivity index (χ0v) is 12.3. The molecule has 0 atom stereocenters. The van der Waals surface area contributed by atoms with Crippen LogP contribution in [0.1, 0.15) is 5.56 Å². The lowest BCUT2D eigenvalue weighted by atomic mass is 10.1. The van der Waals surface area contributed by atoms with Crippen LogP contribution < -0.4 is 5.73 Å². The van der Waals surface area contributed by atoms with Crippen LogP contribution in [0.25, 0.3) is 10.9 Å². The number of halogens is 1. The van der Waals surface area contributed by atoms with E-state index in [0.29, 0.717) is 6.54 Å². The van der Waals surface area contributed by atoms with Crippen molar-refractivity contribution in [2.75, 3.05) is 0 Å². The van der Waals surface area contributed by atoms with Gasteiger partial charge in [-0.1, -0.05) is 41.6 Å². The first-order valence-corrected chi connectivity index (χ1v) is 7.48. The average molecular weight is 301 g/mol. The molecular weight excluding hydrogens is 288 g/mol. The molecule has 1 heterocycles. The maximum atomic E-state index is 5.90. The van der Waals surface area contributed by atoms with Crippen molar-refractivity contribution >= 4 is 34.3 Å². The van der Waals surface area contributed by atoms with Gasteiger partial charge in [0.1, 0.15) is 5.03 Å². The summed E-state index contributed by atoms with van der Waals surface area (Å²) in [4.78, 5) is 5.79. The van der Waals surface area contributed by atoms with Gasteiger partial charge in [-0.15, -0.1) is 0 Å². The Balaban J connectivity index is 2.01. The van der Waals surface area contributed by atoms with Gasteiger partial charge in [-0.2, -0.15) is 0 Å². The molecule has 0 unspecified atom stereocenters. The molecule has 2 N–H and O–H groups in total. The standard InChI is InChI=1S/C16H13ClN2S/c17-12-5-7-13(8-6-12)20-16-9-11(10-18)14-3-1-2-4-15(14)19-16/h1-9H,10,18H2. The van der Waals surface area contributed by atoms with E-state index >= 15 is 0 Å². The Labute approximate surface area is 127 Å². The predicted octanol–water partition coefficient (Wildman–Crippen LogP) is 4.50. The molecule has 3 rings (SSSR count). The van der Waals surface area contributed by atoms with Crippen molar-refractivity contribution in [1.29, 1.82) is 0 Å². The third kappa shape index (κ3) is 2.80. The molecule has 0 fully saturated rings. The number of benzene rings is 2. The van der Waals surface area contributed by atoms with Crippen molar-refractivity contribution in [1.82, 2.24) is 4.98 Å². The number of pyridine rings is 1. The Kier molecular flexibility index (Phi) is 3.92. The molecule has 0 aliphatic heterocycles. The van der Waals surface area contributed by atoms with Gasteiger partial charge in [-0.25, -0.2) is 4.98 Å². The van der Waals surface area contributed by atoms with E-state index in [-0.39, 0.29) is 0 Å². The number of para-hydroxylation sites is 1. The second-order valence-electron chi connectivity index (χ2n) is 4.40. The molecule has 2 aromatic carbocycles. The van der Waals surface area contributed by atoms with Crippen LogP contribution in [0.5, 0.6) is 0 Å². The topological polar surface area (TPSA) is 38.9 Å². The van der Waals surface area contributed by atoms with Gasteiger partial charge in [0.2, 0.25) is 0 Å². The van der Waals surface area contributed by atoms with Gasteiger partial charge in [-0.3, -0.25) is 0 Å². The molecule has 0 radical (unpaired) electrons. The molecule has 0 saturated heterocycles. The Bertz CT molecular complexity index is 741. The summed E-state index contributed by atoms with van der Waals surface area (Å²) in [6.45, 7) is 0.511. The molecule has 1 aromatic heterocycles. The summed E-state index contributed by atoms with van der Waals surface area (Å²) < 4.78 is 0. The van der Waals surface area contributed by atoms with Gasteiger partial charge in [0.25, 0.3) is 0 Å². The fourth-order valence-corrected chi connectivity index (χ4v) is 3.05. The number of rotatable bonds is 3. The van der Waals surface area contributed by atoms with Crippen molar-refractivity contribution in [3.05, 3.63) is 65.2 Å². The lowest BCUT2D eigenvalue weighted by molar-refractivity contribution is 1.05. The van der Waals surface area contributed by atoms with E-state index < -0.39 is 0 Å². The highest BCUT2D eigenvalue weighted by atomic mass is 35.5. The zero-order chi connectivity index (χ0) is 13.9. The van der Waals surface area contributed by atoms with Crippen LogP contribution in [-0.2, 0) is 6.54 Å². The van der Waals surface area contributed by atoms with E-state index in [4.69, 9.17) is 17.3 Å². The highest BCUT2D eigenvalue weighted by Crippen LogP contribution is 2.30. The van der Waals surface area contributed by atoms with Gasteiger partial charge in [0, 0.05) is 21.8 Å². The normalized spacial score (nSPS) is 10.9. The molecule has 4 heteroatoms. The summed E-state index contributed by atoms with van der Waals surface area (Å²) in [5.74, 6) is 0. The maximum Gasteiger partial charge on any atom is 0.102 e. The zero-order valence-electron chi connectivity index (χ0n) is 10.7. The molecule has 100 valence electrons. The fraction of sp³-hybridized carbons (Fsp3) is 0.0625. The Morgan fingerprint density at radius 2 is 1.80 bits per heavy atom. The summed E-state index contributed by atoms with van der Waals surface area (Å²) >= 11 is 7.51. The van der Waals surface area contributed by atoms with E-state index in [0.717, 1.165) is 31.4 Å². The number of hydrogen-bond donors (Lipinski definition) is 1. The first-order chi connectivity index (χ1) is 9.76. The van der Waals surface area contributed by atoms with Crippen LogP contribution in [0.15, 0.2) is 64.5 Å². The third-order valence-electron chi connectivity index (χ3n) is 3.03. The summed E-state index contributed by atoms with van der Waals surface area (Å²) in [5.41, 5.74) is 7.94. The van der Waals surface area contributed by atoms with Crippen molar-refractivity contribution in [2.45, 2.75) is 16.5 Å². The molecule has 0 amide bonds. The quantitative estimate of drug-likeness (QED) is 0.774. The second-order valence-corrected chi connectivity index (χ2v) is 5.93. The van der Waals surface area contributed by atoms with Crippen molar-refractivity contribution in [2.24, 2.45) is 5.73 Å². The first kappa shape index (κ1) is 13.4. The van der Waals surface area contributed by atoms with Gasteiger partial charge >= 0.3 is 0 Å². The fourth-order valence-electron chi connectivity index (χ4n) is 2.07. The third-order valence-corrected chi connectivity index (χ3v) is 4.21. The van der Waals surface area contributed by atoms with Crippen LogP contribution in [0, 0.1) is 0 Å². The van der Waals surface area contributed by atoms with Crippen molar-refractivity contribution in [3.8, 4) is 0 Å². The van der Waals surface area contributed by atoms with Crippen molar-refractivity contribution < 1.29 is 0 Å². The maximum absolute atomic E-state index is 5.90. The van der Waals surface area contributed by atoms with Crippen molar-refractivity contribution in [3.63, 3.8) is 0 Å². The van der Waals surface area contributed by atoms with E-state index in [2.05, 4.69) is 17.1 Å². The molecule has 3 aromatic rings. The first-order valence-electron chi connectivity index (χ1n) is 6.28. The van der Waals surface area contributed by atoms with E-state index in [9.17, 15) is 0 Å². The summed E-state index contributed by atoms with van der Waals surface area (Å²) in [6.07, 6.45) is 0. The van der Waals surface area contributed by atoms with E-state index in [1.54, 1.807) is 11.8 Å². The minimum atomic E-state index is 0.511. The lowest BCUT2D eigenvalue weighted by Gasteiger charge is -2.07. The molecule has 0 spiro atoms. The minimum absolute atomic E-state index is 0.511. The number of aromatic nitrogens is 1.